The highest BCUT2D eigenvalue weighted by molar-refractivity contribution is 7.90. The minimum absolute atomic E-state index is 0.231. The number of carboxylic acid groups (broad SMARTS) is 1. The van der Waals surface area contributed by atoms with Crippen molar-refractivity contribution in [1.82, 2.24) is 9.71 Å². The molecular formula is C9H12N2O6S2. The summed E-state index contributed by atoms with van der Waals surface area (Å²) >= 11 is 0. The van der Waals surface area contributed by atoms with Gasteiger partial charge in [-0.2, -0.15) is 0 Å². The molecule has 1 rings (SSSR count). The average molecular weight is 308 g/mol. The maximum atomic E-state index is 11.7. The molecule has 0 amide bonds. The molecule has 1 heterocycles. The molecule has 8 nitrogen and oxygen atoms in total. The molecular weight excluding hydrogens is 296 g/mol. The molecule has 106 valence electrons. The number of sulfone groups is 1. The first kappa shape index (κ1) is 15.5. The van der Waals surface area contributed by atoms with Crippen molar-refractivity contribution in [3.63, 3.8) is 0 Å². The quantitative estimate of drug-likeness (QED) is 0.706. The summed E-state index contributed by atoms with van der Waals surface area (Å²) in [5.41, 5.74) is 0. The van der Waals surface area contributed by atoms with E-state index < -0.39 is 25.8 Å². The average Bonchev–Trinajstić information content (AvgIpc) is 2.27. The lowest BCUT2D eigenvalue weighted by atomic mass is 10.5. The third-order valence-electron chi connectivity index (χ3n) is 2.03. The van der Waals surface area contributed by atoms with Crippen LogP contribution in [0, 0.1) is 0 Å². The smallest absolute Gasteiger partial charge is 0.304 e. The van der Waals surface area contributed by atoms with E-state index >= 15 is 0 Å². The monoisotopic (exact) mass is 308 g/mol. The second kappa shape index (κ2) is 5.63. The van der Waals surface area contributed by atoms with Crippen molar-refractivity contribution in [2.75, 3.05) is 12.8 Å². The Morgan fingerprint density at radius 3 is 2.37 bits per heavy atom. The number of carboxylic acids is 1. The lowest BCUT2D eigenvalue weighted by Gasteiger charge is -2.05. The number of nitrogens with one attached hydrogen (secondary N) is 1. The maximum Gasteiger partial charge on any atom is 0.304 e. The molecule has 0 atom stereocenters. The lowest BCUT2D eigenvalue weighted by Crippen LogP contribution is -2.26. The fourth-order valence-electron chi connectivity index (χ4n) is 1.12. The van der Waals surface area contributed by atoms with Crippen LogP contribution in [0.2, 0.25) is 0 Å². The predicted molar refractivity (Wildman–Crippen MR) is 64.8 cm³/mol. The van der Waals surface area contributed by atoms with Crippen LogP contribution in [-0.2, 0) is 24.7 Å². The van der Waals surface area contributed by atoms with Crippen LogP contribution in [-0.4, -0.2) is 45.7 Å². The Kier molecular flexibility index (Phi) is 4.61. The van der Waals surface area contributed by atoms with Crippen molar-refractivity contribution in [3.05, 3.63) is 18.3 Å². The van der Waals surface area contributed by atoms with Gasteiger partial charge in [-0.05, 0) is 12.1 Å². The van der Waals surface area contributed by atoms with Gasteiger partial charge in [-0.3, -0.25) is 4.79 Å². The molecule has 0 saturated heterocycles. The van der Waals surface area contributed by atoms with Gasteiger partial charge < -0.3 is 5.11 Å². The molecule has 0 aromatic carbocycles. The van der Waals surface area contributed by atoms with Crippen molar-refractivity contribution < 1.29 is 26.7 Å². The summed E-state index contributed by atoms with van der Waals surface area (Å²) in [4.78, 5) is 13.6. The van der Waals surface area contributed by atoms with Crippen LogP contribution in [0.3, 0.4) is 0 Å². The summed E-state index contributed by atoms with van der Waals surface area (Å²) in [6.45, 7) is -0.258. The summed E-state index contributed by atoms with van der Waals surface area (Å²) < 4.78 is 47.7. The Morgan fingerprint density at radius 2 is 1.95 bits per heavy atom. The number of aromatic nitrogens is 1. The standard InChI is InChI=1S/C9H12N2O6S2/c1-18(14,15)8-3-2-7(6-10-8)19(16,17)11-5-4-9(12)13/h2-3,6,11H,4-5H2,1H3,(H,12,13). The van der Waals surface area contributed by atoms with E-state index in [2.05, 4.69) is 9.71 Å². The van der Waals surface area contributed by atoms with Crippen LogP contribution in [0.1, 0.15) is 6.42 Å². The minimum atomic E-state index is -3.89. The fourth-order valence-corrected chi connectivity index (χ4v) is 2.66. The van der Waals surface area contributed by atoms with Crippen molar-refractivity contribution in [3.8, 4) is 0 Å². The Labute approximate surface area is 110 Å². The molecule has 0 aliphatic rings. The highest BCUT2D eigenvalue weighted by Gasteiger charge is 2.16. The van der Waals surface area contributed by atoms with E-state index in [0.717, 1.165) is 24.6 Å². The first-order valence-electron chi connectivity index (χ1n) is 5.00. The first-order chi connectivity index (χ1) is 8.63. The van der Waals surface area contributed by atoms with E-state index in [-0.39, 0.29) is 22.9 Å². The van der Waals surface area contributed by atoms with Crippen LogP contribution >= 0.6 is 0 Å². The van der Waals surface area contributed by atoms with Gasteiger partial charge in [-0.15, -0.1) is 0 Å². The van der Waals surface area contributed by atoms with Gasteiger partial charge in [0.1, 0.15) is 4.90 Å². The zero-order chi connectivity index (χ0) is 14.7. The number of rotatable bonds is 6. The van der Waals surface area contributed by atoms with Crippen LogP contribution in [0.4, 0.5) is 0 Å². The maximum absolute atomic E-state index is 11.7. The number of carbonyl (C=O) groups is 1. The molecule has 19 heavy (non-hydrogen) atoms. The van der Waals surface area contributed by atoms with Crippen LogP contribution < -0.4 is 4.72 Å². The van der Waals surface area contributed by atoms with Gasteiger partial charge in [-0.1, -0.05) is 0 Å². The van der Waals surface area contributed by atoms with E-state index in [4.69, 9.17) is 5.11 Å². The van der Waals surface area contributed by atoms with Crippen molar-refractivity contribution >= 4 is 25.8 Å². The molecule has 0 fully saturated rings. The van der Waals surface area contributed by atoms with Gasteiger partial charge in [0.05, 0.1) is 6.42 Å². The Bertz CT molecular complexity index is 663. The molecule has 0 bridgehead atoms. The normalized spacial score (nSPS) is 12.3. The number of aliphatic carboxylic acids is 1. The predicted octanol–water partition coefficient (Wildman–Crippen LogP) is -0.762. The summed E-state index contributed by atoms with van der Waals surface area (Å²) in [7, 11) is -7.39. The van der Waals surface area contributed by atoms with Crippen molar-refractivity contribution in [2.45, 2.75) is 16.3 Å². The second-order valence-electron chi connectivity index (χ2n) is 3.65. The van der Waals surface area contributed by atoms with E-state index in [1.807, 2.05) is 0 Å². The van der Waals surface area contributed by atoms with Gasteiger partial charge in [0, 0.05) is 19.0 Å². The van der Waals surface area contributed by atoms with Gasteiger partial charge >= 0.3 is 5.97 Å². The largest absolute Gasteiger partial charge is 0.481 e. The number of hydrogen-bond donors (Lipinski definition) is 2. The van der Waals surface area contributed by atoms with Crippen LogP contribution in [0.15, 0.2) is 28.3 Å². The minimum Gasteiger partial charge on any atom is -0.481 e. The van der Waals surface area contributed by atoms with Crippen molar-refractivity contribution in [1.29, 1.82) is 0 Å². The van der Waals surface area contributed by atoms with E-state index in [1.165, 1.54) is 0 Å². The molecule has 1 aromatic rings. The van der Waals surface area contributed by atoms with Gasteiger partial charge in [0.15, 0.2) is 14.9 Å². The number of sulfonamides is 1. The number of nitrogens with zero attached hydrogens (tertiary/aromatic N) is 1. The Hall–Kier alpha value is -1.52. The SMILES string of the molecule is CS(=O)(=O)c1ccc(S(=O)(=O)NCCC(=O)O)cn1. The van der Waals surface area contributed by atoms with E-state index in [1.54, 1.807) is 0 Å². The number of pyridine rings is 1. The molecule has 0 aliphatic carbocycles. The van der Waals surface area contributed by atoms with Gasteiger partial charge in [-0.25, -0.2) is 26.5 Å². The third-order valence-corrected chi connectivity index (χ3v) is 4.48. The summed E-state index contributed by atoms with van der Waals surface area (Å²) in [5.74, 6) is -1.13. The molecule has 10 heteroatoms. The van der Waals surface area contributed by atoms with Gasteiger partial charge in [0.25, 0.3) is 0 Å². The fraction of sp³-hybridized carbons (Fsp3) is 0.333. The van der Waals surface area contributed by atoms with Gasteiger partial charge in [0.2, 0.25) is 10.0 Å². The van der Waals surface area contributed by atoms with E-state index in [9.17, 15) is 21.6 Å². The van der Waals surface area contributed by atoms with Crippen LogP contribution in [0.5, 0.6) is 0 Å². The molecule has 2 N–H and O–H groups in total. The third kappa shape index (κ3) is 4.58. The highest BCUT2D eigenvalue weighted by Crippen LogP contribution is 2.10. The molecule has 1 aromatic heterocycles. The molecule has 0 radical (unpaired) electrons. The Morgan fingerprint density at radius 1 is 1.32 bits per heavy atom. The topological polar surface area (TPSA) is 130 Å². The zero-order valence-corrected chi connectivity index (χ0v) is 11.5. The summed E-state index contributed by atoms with van der Waals surface area (Å²) in [6.07, 6.45) is 1.50. The Balaban J connectivity index is 2.88. The molecule has 0 spiro atoms. The second-order valence-corrected chi connectivity index (χ2v) is 7.38. The first-order valence-corrected chi connectivity index (χ1v) is 8.38. The number of hydrogen-bond acceptors (Lipinski definition) is 6. The van der Waals surface area contributed by atoms with E-state index in [0.29, 0.717) is 0 Å². The summed E-state index contributed by atoms with van der Waals surface area (Å²) in [5, 5.41) is 8.15. The molecule has 0 saturated carbocycles. The lowest BCUT2D eigenvalue weighted by molar-refractivity contribution is -0.136. The van der Waals surface area contributed by atoms with Crippen LogP contribution in [0.25, 0.3) is 0 Å². The zero-order valence-electron chi connectivity index (χ0n) is 9.90. The molecule has 0 unspecified atom stereocenters. The highest BCUT2D eigenvalue weighted by atomic mass is 32.2. The molecule has 0 aliphatic heterocycles. The summed E-state index contributed by atoms with van der Waals surface area (Å²) in [6, 6.07) is 2.16. The van der Waals surface area contributed by atoms with Crippen molar-refractivity contribution in [2.24, 2.45) is 0 Å².